The molecule has 0 unspecified atom stereocenters. The number of rotatable bonds is 0. The minimum absolute atomic E-state index is 1.79. The molecule has 0 saturated carbocycles. The van der Waals surface area contributed by atoms with Crippen LogP contribution in [0.25, 0.3) is 0 Å². The first-order valence-electron chi connectivity index (χ1n) is 3.88. The van der Waals surface area contributed by atoms with Gasteiger partial charge in [-0.05, 0) is 0 Å². The Morgan fingerprint density at radius 1 is 0.688 bits per heavy atom. The third kappa shape index (κ3) is 9.52. The van der Waals surface area contributed by atoms with E-state index in [1.54, 1.807) is 0 Å². The molecule has 7 nitrogen and oxygen atoms in total. The predicted octanol–water partition coefficient (Wildman–Crippen LogP) is 2.18. The molecule has 0 fully saturated rings. The summed E-state index contributed by atoms with van der Waals surface area (Å²) in [5.74, 6) is 0. The molecule has 0 aliphatic carbocycles. The summed E-state index contributed by atoms with van der Waals surface area (Å²) in [4.78, 5) is 28.8. The van der Waals surface area contributed by atoms with Crippen LogP contribution in [0.2, 0.25) is 0 Å². The summed E-state index contributed by atoms with van der Waals surface area (Å²) in [5, 5.41) is 15.4. The monoisotopic (exact) mass is 228 g/mol. The Morgan fingerprint density at radius 2 is 0.938 bits per heavy atom. The first kappa shape index (κ1) is 13.4. The van der Waals surface area contributed by atoms with E-state index in [2.05, 4.69) is 9.47 Å². The second-order valence-corrected chi connectivity index (χ2v) is 2.14. The zero-order valence-corrected chi connectivity index (χ0v) is 7.90. The molecular formula is C9H8O7. The maximum Gasteiger partial charge on any atom is 0.528 e. The van der Waals surface area contributed by atoms with Gasteiger partial charge in [-0.2, -0.15) is 0 Å². The molecule has 1 aromatic rings. The largest absolute Gasteiger partial charge is 0.528 e. The van der Waals surface area contributed by atoms with Gasteiger partial charge in [0, 0.05) is 0 Å². The summed E-state index contributed by atoms with van der Waals surface area (Å²) in [5.41, 5.74) is 0. The summed E-state index contributed by atoms with van der Waals surface area (Å²) >= 11 is 0. The zero-order chi connectivity index (χ0) is 12.4. The topological polar surface area (TPSA) is 110 Å². The van der Waals surface area contributed by atoms with E-state index >= 15 is 0 Å². The number of hydrogen-bond donors (Lipinski definition) is 2. The van der Waals surface area contributed by atoms with Crippen LogP contribution in [0.4, 0.5) is 14.4 Å². The highest BCUT2D eigenvalue weighted by Gasteiger charge is 2.13. The van der Waals surface area contributed by atoms with Crippen molar-refractivity contribution >= 4 is 18.5 Å². The van der Waals surface area contributed by atoms with Gasteiger partial charge in [-0.15, -0.1) is 0 Å². The molecule has 2 N–H and O–H groups in total. The van der Waals surface area contributed by atoms with Gasteiger partial charge in [0.1, 0.15) is 0 Å². The fourth-order valence-corrected chi connectivity index (χ4v) is 0.548. The van der Waals surface area contributed by atoms with Crippen molar-refractivity contribution in [2.75, 3.05) is 0 Å². The number of carbonyl (C=O) groups is 3. The molecule has 0 aromatic heterocycles. The molecule has 0 saturated heterocycles. The third-order valence-electron chi connectivity index (χ3n) is 1.01. The van der Waals surface area contributed by atoms with E-state index in [4.69, 9.17) is 10.2 Å². The van der Waals surface area contributed by atoms with E-state index < -0.39 is 18.5 Å². The fourth-order valence-electron chi connectivity index (χ4n) is 0.548. The molecule has 0 amide bonds. The highest BCUT2D eigenvalue weighted by Crippen LogP contribution is 1.85. The number of carboxylic acid groups (broad SMARTS) is 2. The summed E-state index contributed by atoms with van der Waals surface area (Å²) in [6, 6.07) is 12.0. The fraction of sp³-hybridized carbons (Fsp3) is 0. The second kappa shape index (κ2) is 7.80. The molecule has 0 radical (unpaired) electrons. The number of benzene rings is 1. The minimum atomic E-state index is -1.92. The van der Waals surface area contributed by atoms with Gasteiger partial charge in [-0.3, -0.25) is 0 Å². The molecule has 7 heteroatoms. The first-order chi connectivity index (χ1) is 7.52. The SMILES string of the molecule is O=C(O)OC(=O)OC(=O)O.c1ccccc1. The van der Waals surface area contributed by atoms with Gasteiger partial charge in [0.2, 0.25) is 0 Å². The molecule has 0 spiro atoms. The number of hydrogen-bond acceptors (Lipinski definition) is 5. The Bertz CT molecular complexity index is 301. The smallest absolute Gasteiger partial charge is 0.449 e. The van der Waals surface area contributed by atoms with Gasteiger partial charge in [0.15, 0.2) is 0 Å². The maximum atomic E-state index is 9.86. The van der Waals surface area contributed by atoms with Crippen molar-refractivity contribution in [2.24, 2.45) is 0 Å². The van der Waals surface area contributed by atoms with Crippen LogP contribution in [0, 0.1) is 0 Å². The Kier molecular flexibility index (Phi) is 6.55. The molecule has 0 aliphatic heterocycles. The van der Waals surface area contributed by atoms with E-state index in [9.17, 15) is 14.4 Å². The summed E-state index contributed by atoms with van der Waals surface area (Å²) in [6.07, 6.45) is -5.64. The summed E-state index contributed by atoms with van der Waals surface area (Å²) < 4.78 is 6.47. The quantitative estimate of drug-likeness (QED) is 0.517. The van der Waals surface area contributed by atoms with Crippen molar-refractivity contribution in [3.63, 3.8) is 0 Å². The van der Waals surface area contributed by atoms with Crippen molar-refractivity contribution in [1.29, 1.82) is 0 Å². The highest BCUT2D eigenvalue weighted by molar-refractivity contribution is 5.82. The lowest BCUT2D eigenvalue weighted by molar-refractivity contribution is 0.0548. The van der Waals surface area contributed by atoms with E-state index in [0.717, 1.165) is 0 Å². The Balaban J connectivity index is 0.000000315. The number of carbonyl (C=O) groups excluding carboxylic acids is 1. The van der Waals surface area contributed by atoms with Crippen LogP contribution in [-0.2, 0) is 9.47 Å². The molecule has 86 valence electrons. The van der Waals surface area contributed by atoms with Crippen molar-refractivity contribution < 1.29 is 34.1 Å². The van der Waals surface area contributed by atoms with Crippen molar-refractivity contribution in [3.05, 3.63) is 36.4 Å². The van der Waals surface area contributed by atoms with E-state index in [-0.39, 0.29) is 0 Å². The van der Waals surface area contributed by atoms with E-state index in [1.165, 1.54) is 0 Å². The van der Waals surface area contributed by atoms with Crippen LogP contribution < -0.4 is 0 Å². The van der Waals surface area contributed by atoms with Gasteiger partial charge in [0.05, 0.1) is 0 Å². The van der Waals surface area contributed by atoms with Crippen LogP contribution in [0.3, 0.4) is 0 Å². The summed E-state index contributed by atoms with van der Waals surface area (Å²) in [7, 11) is 0. The average Bonchev–Trinajstić information content (AvgIpc) is 2.18. The van der Waals surface area contributed by atoms with Gasteiger partial charge in [-0.1, -0.05) is 36.4 Å². The van der Waals surface area contributed by atoms with Gasteiger partial charge in [0.25, 0.3) is 0 Å². The molecule has 0 atom stereocenters. The Hall–Kier alpha value is -2.57. The second-order valence-electron chi connectivity index (χ2n) is 2.14. The molecule has 0 heterocycles. The maximum absolute atomic E-state index is 9.86. The molecule has 0 bridgehead atoms. The first-order valence-corrected chi connectivity index (χ1v) is 3.88. The third-order valence-corrected chi connectivity index (χ3v) is 1.01. The number of ether oxygens (including phenoxy) is 2. The Morgan fingerprint density at radius 3 is 1.12 bits per heavy atom. The molecule has 16 heavy (non-hydrogen) atoms. The highest BCUT2D eigenvalue weighted by atomic mass is 16.8. The average molecular weight is 228 g/mol. The van der Waals surface area contributed by atoms with Crippen LogP contribution >= 0.6 is 0 Å². The van der Waals surface area contributed by atoms with Crippen LogP contribution in [0.5, 0.6) is 0 Å². The lowest BCUT2D eigenvalue weighted by atomic mass is 10.4. The molecule has 0 aliphatic rings. The van der Waals surface area contributed by atoms with Crippen molar-refractivity contribution in [2.45, 2.75) is 0 Å². The van der Waals surface area contributed by atoms with Gasteiger partial charge < -0.3 is 19.7 Å². The van der Waals surface area contributed by atoms with Crippen molar-refractivity contribution in [3.8, 4) is 0 Å². The van der Waals surface area contributed by atoms with Crippen LogP contribution in [0.15, 0.2) is 36.4 Å². The lowest BCUT2D eigenvalue weighted by Crippen LogP contribution is -2.14. The van der Waals surface area contributed by atoms with E-state index in [0.29, 0.717) is 0 Å². The zero-order valence-electron chi connectivity index (χ0n) is 7.90. The lowest BCUT2D eigenvalue weighted by Gasteiger charge is -1.93. The predicted molar refractivity (Wildman–Crippen MR) is 50.1 cm³/mol. The summed E-state index contributed by atoms with van der Waals surface area (Å²) in [6.45, 7) is 0. The molecular weight excluding hydrogens is 220 g/mol. The Labute approximate surface area is 89.8 Å². The standard InChI is InChI=1S/C6H6.C3H2O7/c1-2-4-6-5-3-1;4-1(5)9-3(8)10-2(6)7/h1-6H;(H,4,5)(H,6,7). The van der Waals surface area contributed by atoms with Crippen molar-refractivity contribution in [1.82, 2.24) is 0 Å². The molecule has 1 rings (SSSR count). The van der Waals surface area contributed by atoms with Gasteiger partial charge >= 0.3 is 18.5 Å². The van der Waals surface area contributed by atoms with Gasteiger partial charge in [-0.25, -0.2) is 14.4 Å². The van der Waals surface area contributed by atoms with Crippen LogP contribution in [-0.4, -0.2) is 28.7 Å². The minimum Gasteiger partial charge on any atom is -0.449 e. The van der Waals surface area contributed by atoms with E-state index in [1.807, 2.05) is 36.4 Å². The molecule has 1 aromatic carbocycles. The van der Waals surface area contributed by atoms with Crippen LogP contribution in [0.1, 0.15) is 0 Å². The normalized spacial score (nSPS) is 8.00.